The lowest BCUT2D eigenvalue weighted by Crippen LogP contribution is -2.09. The number of rotatable bonds is 9. The summed E-state index contributed by atoms with van der Waals surface area (Å²) in [6.07, 6.45) is 8.14. The van der Waals surface area contributed by atoms with Crippen LogP contribution in [0.15, 0.2) is 12.2 Å². The fraction of sp³-hybridized carbons (Fsp3) is 0.786. The molecule has 0 aliphatic rings. The normalized spacial score (nSPS) is 12.2. The van der Waals surface area contributed by atoms with Crippen LogP contribution in [0.25, 0.3) is 0 Å². The first-order valence-corrected chi connectivity index (χ1v) is 6.41. The van der Waals surface area contributed by atoms with E-state index in [1.807, 2.05) is 0 Å². The maximum Gasteiger partial charge on any atom is 0.333 e. The minimum absolute atomic E-state index is 0.253. The molecular weight excluding hydrogens is 200 g/mol. The van der Waals surface area contributed by atoms with Gasteiger partial charge in [-0.1, -0.05) is 59.0 Å². The van der Waals surface area contributed by atoms with Crippen LogP contribution in [-0.4, -0.2) is 13.1 Å². The second-order valence-corrected chi connectivity index (χ2v) is 4.45. The van der Waals surface area contributed by atoms with Gasteiger partial charge < -0.3 is 4.74 Å². The molecular formula is C14H26O2. The van der Waals surface area contributed by atoms with Crippen molar-refractivity contribution >= 4 is 5.97 Å². The molecule has 1 atom stereocenters. The highest BCUT2D eigenvalue weighted by Crippen LogP contribution is 2.23. The van der Waals surface area contributed by atoms with Crippen LogP contribution >= 0.6 is 0 Å². The molecule has 2 nitrogen and oxygen atoms in total. The van der Waals surface area contributed by atoms with E-state index in [1.54, 1.807) is 0 Å². The van der Waals surface area contributed by atoms with E-state index in [9.17, 15) is 4.79 Å². The molecule has 0 bridgehead atoms. The quantitative estimate of drug-likeness (QED) is 0.336. The Bertz CT molecular complexity index is 209. The molecule has 0 N–H and O–H groups in total. The lowest BCUT2D eigenvalue weighted by molar-refractivity contribution is -0.136. The average molecular weight is 226 g/mol. The van der Waals surface area contributed by atoms with Crippen LogP contribution in [0, 0.1) is 5.92 Å². The first-order valence-electron chi connectivity index (χ1n) is 6.41. The van der Waals surface area contributed by atoms with Crippen molar-refractivity contribution in [3.05, 3.63) is 12.2 Å². The SMILES string of the molecule is C=C(CC(CCC)CCCCC)C(=O)OC. The van der Waals surface area contributed by atoms with Gasteiger partial charge in [0.15, 0.2) is 0 Å². The zero-order chi connectivity index (χ0) is 12.4. The zero-order valence-electron chi connectivity index (χ0n) is 11.1. The highest BCUT2D eigenvalue weighted by Gasteiger charge is 2.14. The lowest BCUT2D eigenvalue weighted by atomic mass is 9.90. The number of esters is 1. The van der Waals surface area contributed by atoms with Crippen LogP contribution in [0.3, 0.4) is 0 Å². The first-order chi connectivity index (χ1) is 7.65. The van der Waals surface area contributed by atoms with E-state index < -0.39 is 0 Å². The molecule has 0 fully saturated rings. The predicted molar refractivity (Wildman–Crippen MR) is 68.3 cm³/mol. The van der Waals surface area contributed by atoms with Gasteiger partial charge in [-0.25, -0.2) is 4.79 Å². The molecule has 0 heterocycles. The Morgan fingerprint density at radius 3 is 2.38 bits per heavy atom. The van der Waals surface area contributed by atoms with Gasteiger partial charge >= 0.3 is 5.97 Å². The van der Waals surface area contributed by atoms with E-state index >= 15 is 0 Å². The van der Waals surface area contributed by atoms with Crippen molar-refractivity contribution in [3.63, 3.8) is 0 Å². The summed E-state index contributed by atoms with van der Waals surface area (Å²) in [5.74, 6) is 0.347. The van der Waals surface area contributed by atoms with Gasteiger partial charge in [0.2, 0.25) is 0 Å². The molecule has 2 heteroatoms. The second kappa shape index (κ2) is 9.44. The number of carbonyl (C=O) groups is 1. The Morgan fingerprint density at radius 2 is 1.88 bits per heavy atom. The van der Waals surface area contributed by atoms with Crippen LogP contribution < -0.4 is 0 Å². The summed E-state index contributed by atoms with van der Waals surface area (Å²) in [6.45, 7) is 8.20. The number of ether oxygens (including phenoxy) is 1. The molecule has 94 valence electrons. The number of hydrogen-bond donors (Lipinski definition) is 0. The van der Waals surface area contributed by atoms with Gasteiger partial charge in [-0.05, 0) is 12.3 Å². The second-order valence-electron chi connectivity index (χ2n) is 4.45. The van der Waals surface area contributed by atoms with Gasteiger partial charge in [-0.3, -0.25) is 0 Å². The molecule has 1 unspecified atom stereocenters. The van der Waals surface area contributed by atoms with Gasteiger partial charge in [-0.2, -0.15) is 0 Å². The molecule has 0 spiro atoms. The third-order valence-corrected chi connectivity index (χ3v) is 2.92. The standard InChI is InChI=1S/C14H26O2/c1-5-7-8-10-13(9-6-2)11-12(3)14(15)16-4/h13H,3,5-11H2,1-2,4H3. The van der Waals surface area contributed by atoms with Crippen molar-refractivity contribution in [2.45, 2.75) is 58.8 Å². The third kappa shape index (κ3) is 6.65. The Kier molecular flexibility index (Phi) is 8.97. The first kappa shape index (κ1) is 15.2. The molecule has 0 amide bonds. The summed E-state index contributed by atoms with van der Waals surface area (Å²) in [5, 5.41) is 0. The Labute approximate surface area is 100 Å². The summed E-state index contributed by atoms with van der Waals surface area (Å²) in [6, 6.07) is 0. The topological polar surface area (TPSA) is 26.3 Å². The highest BCUT2D eigenvalue weighted by atomic mass is 16.5. The van der Waals surface area contributed by atoms with Crippen molar-refractivity contribution in [1.29, 1.82) is 0 Å². The Hall–Kier alpha value is -0.790. The zero-order valence-corrected chi connectivity index (χ0v) is 11.1. The summed E-state index contributed by atoms with van der Waals surface area (Å²) in [4.78, 5) is 11.3. The van der Waals surface area contributed by atoms with Gasteiger partial charge in [0.1, 0.15) is 0 Å². The van der Waals surface area contributed by atoms with Gasteiger partial charge in [0, 0.05) is 5.57 Å². The minimum atomic E-state index is -0.253. The molecule has 0 aromatic rings. The Morgan fingerprint density at radius 1 is 1.19 bits per heavy atom. The average Bonchev–Trinajstić information content (AvgIpc) is 2.28. The monoisotopic (exact) mass is 226 g/mol. The maximum atomic E-state index is 11.3. The molecule has 16 heavy (non-hydrogen) atoms. The summed E-state index contributed by atoms with van der Waals surface area (Å²) < 4.78 is 4.68. The van der Waals surface area contributed by atoms with Gasteiger partial charge in [0.05, 0.1) is 7.11 Å². The molecule has 0 saturated carbocycles. The number of carbonyl (C=O) groups excluding carboxylic acids is 1. The lowest BCUT2D eigenvalue weighted by Gasteiger charge is -2.16. The van der Waals surface area contributed by atoms with E-state index in [4.69, 9.17) is 0 Å². The van der Waals surface area contributed by atoms with Crippen LogP contribution in [0.2, 0.25) is 0 Å². The van der Waals surface area contributed by atoms with Crippen molar-refractivity contribution in [3.8, 4) is 0 Å². The van der Waals surface area contributed by atoms with E-state index in [2.05, 4.69) is 25.2 Å². The van der Waals surface area contributed by atoms with E-state index in [1.165, 1.54) is 45.6 Å². The smallest absolute Gasteiger partial charge is 0.333 e. The fourth-order valence-electron chi connectivity index (χ4n) is 2.02. The van der Waals surface area contributed by atoms with Crippen molar-refractivity contribution in [2.24, 2.45) is 5.92 Å². The van der Waals surface area contributed by atoms with Gasteiger partial charge in [-0.15, -0.1) is 0 Å². The van der Waals surface area contributed by atoms with Crippen molar-refractivity contribution in [2.75, 3.05) is 7.11 Å². The largest absolute Gasteiger partial charge is 0.466 e. The molecule has 0 aliphatic heterocycles. The summed E-state index contributed by atoms with van der Waals surface area (Å²) >= 11 is 0. The number of hydrogen-bond acceptors (Lipinski definition) is 2. The summed E-state index contributed by atoms with van der Waals surface area (Å²) in [5.41, 5.74) is 0.623. The molecule has 0 aromatic heterocycles. The van der Waals surface area contributed by atoms with Crippen LogP contribution in [0.1, 0.15) is 58.8 Å². The fourth-order valence-corrected chi connectivity index (χ4v) is 2.02. The van der Waals surface area contributed by atoms with Crippen LogP contribution in [0.4, 0.5) is 0 Å². The van der Waals surface area contributed by atoms with E-state index in [-0.39, 0.29) is 5.97 Å². The maximum absolute atomic E-state index is 11.3. The molecule has 0 radical (unpaired) electrons. The Balaban J connectivity index is 4.00. The number of methoxy groups -OCH3 is 1. The highest BCUT2D eigenvalue weighted by molar-refractivity contribution is 5.87. The molecule has 0 aliphatic carbocycles. The third-order valence-electron chi connectivity index (χ3n) is 2.92. The van der Waals surface area contributed by atoms with Crippen molar-refractivity contribution in [1.82, 2.24) is 0 Å². The molecule has 0 rings (SSSR count). The van der Waals surface area contributed by atoms with E-state index in [0.717, 1.165) is 6.42 Å². The summed E-state index contributed by atoms with van der Waals surface area (Å²) in [7, 11) is 1.42. The molecule has 0 saturated heterocycles. The van der Waals surface area contributed by atoms with Crippen LogP contribution in [0.5, 0.6) is 0 Å². The van der Waals surface area contributed by atoms with Gasteiger partial charge in [0.25, 0.3) is 0 Å². The predicted octanol–water partition coefficient (Wildman–Crippen LogP) is 4.10. The van der Waals surface area contributed by atoms with Crippen molar-refractivity contribution < 1.29 is 9.53 Å². The molecule has 0 aromatic carbocycles. The number of unbranched alkanes of at least 4 members (excludes halogenated alkanes) is 2. The minimum Gasteiger partial charge on any atom is -0.466 e. The van der Waals surface area contributed by atoms with E-state index in [0.29, 0.717) is 11.5 Å². The van der Waals surface area contributed by atoms with Crippen LogP contribution in [-0.2, 0) is 9.53 Å².